The van der Waals surface area contributed by atoms with Crippen molar-refractivity contribution >= 4 is 56.1 Å². The molecule has 2 aliphatic rings. The molecule has 8 bridgehead atoms. The van der Waals surface area contributed by atoms with Crippen molar-refractivity contribution in [3.8, 4) is 45.6 Å². The standard InChI is InChI=1S/C66H82N8O4/c1-4-7-10-11-12-13-14-15-16-17-18-19-20-21-31-46-32-28-39-53-56(46)64-72-63(53)70-61-50-36-23-22-35-49(50)59(68-61)67-60-51-37-24-25-38-52(51)62(69-60)71-65-57-47(33-29-40-54(75)77-44-26-8-5-2)42-43-48(58(57)66(73-64)74-65)34-30-41-55(76)78-45-27-9-6-3/h22-25,28,32,35-39,42-43H,4-21,26-27,29-31,33-34,40-41,44-45H2,1-3H3,(H2,67,68,69,70,71,72,73,74). The summed E-state index contributed by atoms with van der Waals surface area (Å²) in [6.07, 6.45) is 28.2. The number of hydrogen-bond acceptors (Lipinski definition) is 10. The SMILES string of the molecule is CCCCCCCCCCCCCCCCc1cccc2c1-c1nc-2nc2[nH]c(nc3nc(nc4[nH]c(n1)c1c(CCCC(=O)OCCCCC)ccc(CCCC(=O)OCCCCC)c41)-c1ccccc1-3)c1ccccc21. The molecule has 410 valence electrons. The lowest BCUT2D eigenvalue weighted by Crippen LogP contribution is -2.06. The maximum atomic E-state index is 13.0. The molecule has 9 rings (SSSR count). The number of nitrogens with zero attached hydrogens (tertiary/aromatic N) is 6. The number of esters is 2. The monoisotopic (exact) mass is 1050 g/mol. The van der Waals surface area contributed by atoms with Crippen molar-refractivity contribution in [1.82, 2.24) is 39.9 Å². The number of hydrogen-bond donors (Lipinski definition) is 2. The Bertz CT molecular complexity index is 3300. The van der Waals surface area contributed by atoms with Gasteiger partial charge in [-0.2, -0.15) is 0 Å². The molecule has 0 fully saturated rings. The van der Waals surface area contributed by atoms with E-state index in [2.05, 4.69) is 73.2 Å². The van der Waals surface area contributed by atoms with Crippen molar-refractivity contribution < 1.29 is 19.1 Å². The fraction of sp³-hybridized carbons (Fsp3) is 0.485. The van der Waals surface area contributed by atoms with Crippen LogP contribution in [-0.4, -0.2) is 65.0 Å². The highest BCUT2D eigenvalue weighted by Gasteiger charge is 2.25. The molecule has 0 unspecified atom stereocenters. The first kappa shape index (κ1) is 55.9. The van der Waals surface area contributed by atoms with Crippen molar-refractivity contribution in [2.75, 3.05) is 13.2 Å². The summed E-state index contributed by atoms with van der Waals surface area (Å²) in [5, 5.41) is 3.67. The number of carbonyl (C=O) groups is 2. The first-order chi connectivity index (χ1) is 38.4. The van der Waals surface area contributed by atoms with Crippen molar-refractivity contribution in [3.05, 3.63) is 95.6 Å². The van der Waals surface area contributed by atoms with Crippen LogP contribution in [0.5, 0.6) is 0 Å². The van der Waals surface area contributed by atoms with Gasteiger partial charge in [0.05, 0.1) is 13.2 Å². The molecule has 0 aliphatic carbocycles. The first-order valence-electron chi connectivity index (χ1n) is 30.0. The van der Waals surface area contributed by atoms with Crippen LogP contribution >= 0.6 is 0 Å². The third kappa shape index (κ3) is 14.3. The van der Waals surface area contributed by atoms with Crippen LogP contribution in [-0.2, 0) is 38.3 Å². The number of ether oxygens (including phenoxy) is 2. The maximum absolute atomic E-state index is 13.0. The Kier molecular flexibility index (Phi) is 20.6. The third-order valence-electron chi connectivity index (χ3n) is 15.6. The molecule has 3 aromatic heterocycles. The van der Waals surface area contributed by atoms with Gasteiger partial charge in [-0.3, -0.25) is 9.59 Å². The number of H-pyrrole nitrogens is 2. The lowest BCUT2D eigenvalue weighted by molar-refractivity contribution is -0.144. The molecular weight excluding hydrogens is 969 g/mol. The number of rotatable bonds is 31. The number of unbranched alkanes of at least 4 members (excludes halogenated alkanes) is 17. The van der Waals surface area contributed by atoms with E-state index in [-0.39, 0.29) is 11.9 Å². The molecule has 5 heterocycles. The molecule has 12 heteroatoms. The van der Waals surface area contributed by atoms with Gasteiger partial charge in [-0.05, 0) is 68.1 Å². The quantitative estimate of drug-likeness (QED) is 0.0316. The van der Waals surface area contributed by atoms with Gasteiger partial charge in [0.25, 0.3) is 0 Å². The second-order valence-corrected chi connectivity index (χ2v) is 21.6. The number of benzene rings is 4. The van der Waals surface area contributed by atoms with Crippen LogP contribution in [0.2, 0.25) is 0 Å². The predicted octanol–water partition coefficient (Wildman–Crippen LogP) is 17.0. The van der Waals surface area contributed by atoms with E-state index in [4.69, 9.17) is 39.4 Å². The van der Waals surface area contributed by atoms with E-state index in [0.717, 1.165) is 106 Å². The molecule has 0 saturated heterocycles. The Morgan fingerprint density at radius 1 is 0.372 bits per heavy atom. The average molecular weight is 1050 g/mol. The largest absolute Gasteiger partial charge is 0.466 e. The fourth-order valence-corrected chi connectivity index (χ4v) is 11.3. The summed E-state index contributed by atoms with van der Waals surface area (Å²) in [4.78, 5) is 65.5. The summed E-state index contributed by atoms with van der Waals surface area (Å²) >= 11 is 0. The Hall–Kier alpha value is -6.82. The van der Waals surface area contributed by atoms with Gasteiger partial charge in [-0.15, -0.1) is 0 Å². The van der Waals surface area contributed by atoms with Crippen LogP contribution in [0.3, 0.4) is 0 Å². The van der Waals surface area contributed by atoms with Crippen LogP contribution in [0.25, 0.3) is 89.7 Å². The van der Waals surface area contributed by atoms with Crippen molar-refractivity contribution in [2.24, 2.45) is 0 Å². The summed E-state index contributed by atoms with van der Waals surface area (Å²) in [7, 11) is 0. The average Bonchev–Trinajstić information content (AvgIpc) is 4.37. The zero-order valence-corrected chi connectivity index (χ0v) is 46.8. The van der Waals surface area contributed by atoms with Crippen LogP contribution in [0.4, 0.5) is 0 Å². The van der Waals surface area contributed by atoms with Gasteiger partial charge in [-0.1, -0.05) is 209 Å². The maximum Gasteiger partial charge on any atom is 0.305 e. The summed E-state index contributed by atoms with van der Waals surface area (Å²) in [5.74, 6) is 1.88. The van der Waals surface area contributed by atoms with Gasteiger partial charge < -0.3 is 19.4 Å². The van der Waals surface area contributed by atoms with Gasteiger partial charge in [0, 0.05) is 56.6 Å². The van der Waals surface area contributed by atoms with E-state index < -0.39 is 0 Å². The number of aromatic nitrogens is 8. The minimum absolute atomic E-state index is 0.181. The molecule has 7 aromatic rings. The minimum atomic E-state index is -0.182. The number of aromatic amines is 2. The van der Waals surface area contributed by atoms with Gasteiger partial charge in [0.2, 0.25) is 0 Å². The summed E-state index contributed by atoms with van der Waals surface area (Å²) in [6.45, 7) is 7.46. The topological polar surface area (TPSA) is 162 Å². The lowest BCUT2D eigenvalue weighted by Gasteiger charge is -2.10. The van der Waals surface area contributed by atoms with E-state index >= 15 is 0 Å². The second-order valence-electron chi connectivity index (χ2n) is 21.6. The number of fused-ring (bicyclic) bond motifs is 20. The van der Waals surface area contributed by atoms with E-state index in [1.165, 1.54) is 89.0 Å². The van der Waals surface area contributed by atoms with Crippen LogP contribution < -0.4 is 0 Å². The highest BCUT2D eigenvalue weighted by atomic mass is 16.5. The van der Waals surface area contributed by atoms with Crippen LogP contribution in [0.15, 0.2) is 78.9 Å². The zero-order chi connectivity index (χ0) is 53.9. The molecule has 2 aliphatic heterocycles. The number of carbonyl (C=O) groups excluding carboxylic acids is 2. The van der Waals surface area contributed by atoms with E-state index in [1.54, 1.807) is 0 Å². The normalized spacial score (nSPS) is 11.8. The van der Waals surface area contributed by atoms with E-state index in [0.29, 0.717) is 97.6 Å². The Morgan fingerprint density at radius 3 is 1.29 bits per heavy atom. The smallest absolute Gasteiger partial charge is 0.305 e. The Labute approximate surface area is 461 Å². The molecule has 12 nitrogen and oxygen atoms in total. The highest BCUT2D eigenvalue weighted by Crippen LogP contribution is 2.40. The molecular formula is C66H82N8O4. The molecule has 2 N–H and O–H groups in total. The lowest BCUT2D eigenvalue weighted by atomic mass is 9.96. The van der Waals surface area contributed by atoms with E-state index in [1.807, 2.05) is 36.4 Å². The molecule has 0 atom stereocenters. The Morgan fingerprint density at radius 2 is 0.769 bits per heavy atom. The van der Waals surface area contributed by atoms with Crippen molar-refractivity contribution in [2.45, 2.75) is 194 Å². The molecule has 78 heavy (non-hydrogen) atoms. The summed E-state index contributed by atoms with van der Waals surface area (Å²) in [6, 6.07) is 27.1. The summed E-state index contributed by atoms with van der Waals surface area (Å²) in [5.41, 5.74) is 9.46. The fourth-order valence-electron chi connectivity index (χ4n) is 11.3. The van der Waals surface area contributed by atoms with Gasteiger partial charge in [-0.25, -0.2) is 29.9 Å². The second kappa shape index (κ2) is 28.7. The van der Waals surface area contributed by atoms with Gasteiger partial charge in [0.1, 0.15) is 22.6 Å². The van der Waals surface area contributed by atoms with Crippen molar-refractivity contribution in [3.63, 3.8) is 0 Å². The van der Waals surface area contributed by atoms with Gasteiger partial charge >= 0.3 is 11.9 Å². The third-order valence-corrected chi connectivity index (χ3v) is 15.6. The molecule has 4 aromatic carbocycles. The van der Waals surface area contributed by atoms with E-state index in [9.17, 15) is 9.59 Å². The van der Waals surface area contributed by atoms with Crippen LogP contribution in [0.1, 0.15) is 192 Å². The zero-order valence-electron chi connectivity index (χ0n) is 46.8. The predicted molar refractivity (Wildman–Crippen MR) is 317 cm³/mol. The van der Waals surface area contributed by atoms with Crippen molar-refractivity contribution in [1.29, 1.82) is 0 Å². The molecule has 0 saturated carbocycles. The molecule has 0 spiro atoms. The van der Waals surface area contributed by atoms with Gasteiger partial charge in [0.15, 0.2) is 23.3 Å². The van der Waals surface area contributed by atoms with Crippen LogP contribution in [0, 0.1) is 0 Å². The Balaban J connectivity index is 1.13. The highest BCUT2D eigenvalue weighted by molar-refractivity contribution is 6.09. The minimum Gasteiger partial charge on any atom is -0.466 e. The number of aryl methyl sites for hydroxylation is 3. The summed E-state index contributed by atoms with van der Waals surface area (Å²) < 4.78 is 11.3. The molecule has 0 amide bonds. The molecule has 0 radical (unpaired) electrons. The number of nitrogens with one attached hydrogen (secondary N) is 2. The first-order valence-corrected chi connectivity index (χ1v) is 30.0.